The van der Waals surface area contributed by atoms with Crippen LogP contribution in [0, 0.1) is 5.92 Å². The molecule has 0 fully saturated rings. The SMILES string of the molecule is CC(C)[C@H](NC(=O)OCc1ccccc1)C(=O)NCc1ccccc1CN(C)C. The Morgan fingerprint density at radius 3 is 2.21 bits per heavy atom. The third-order valence-electron chi connectivity index (χ3n) is 4.49. The largest absolute Gasteiger partial charge is 0.445 e. The lowest BCUT2D eigenvalue weighted by Crippen LogP contribution is -2.49. The minimum Gasteiger partial charge on any atom is -0.445 e. The number of hydrogen-bond donors (Lipinski definition) is 2. The maximum absolute atomic E-state index is 12.7. The van der Waals surface area contributed by atoms with Gasteiger partial charge in [0.25, 0.3) is 0 Å². The number of benzene rings is 2. The van der Waals surface area contributed by atoms with Gasteiger partial charge in [-0.3, -0.25) is 4.79 Å². The topological polar surface area (TPSA) is 70.7 Å². The second-order valence-electron chi connectivity index (χ2n) is 7.65. The van der Waals surface area contributed by atoms with E-state index in [9.17, 15) is 9.59 Å². The molecule has 156 valence electrons. The Morgan fingerprint density at radius 1 is 0.966 bits per heavy atom. The predicted molar refractivity (Wildman–Crippen MR) is 114 cm³/mol. The van der Waals surface area contributed by atoms with E-state index in [1.165, 1.54) is 0 Å². The first kappa shape index (κ1) is 22.4. The summed E-state index contributed by atoms with van der Waals surface area (Å²) >= 11 is 0. The summed E-state index contributed by atoms with van der Waals surface area (Å²) in [5.41, 5.74) is 3.11. The summed E-state index contributed by atoms with van der Waals surface area (Å²) < 4.78 is 5.25. The van der Waals surface area contributed by atoms with Crippen molar-refractivity contribution >= 4 is 12.0 Å². The molecule has 0 spiro atoms. The zero-order valence-corrected chi connectivity index (χ0v) is 17.6. The number of carbonyl (C=O) groups is 2. The number of ether oxygens (including phenoxy) is 1. The molecule has 0 radical (unpaired) electrons. The first-order valence-electron chi connectivity index (χ1n) is 9.83. The van der Waals surface area contributed by atoms with Gasteiger partial charge in [0.1, 0.15) is 12.6 Å². The minimum atomic E-state index is -0.667. The van der Waals surface area contributed by atoms with Gasteiger partial charge in [0.05, 0.1) is 0 Å². The number of alkyl carbamates (subject to hydrolysis) is 1. The number of nitrogens with one attached hydrogen (secondary N) is 2. The normalized spacial score (nSPS) is 11.9. The lowest BCUT2D eigenvalue weighted by molar-refractivity contribution is -0.124. The molecule has 2 rings (SSSR count). The van der Waals surface area contributed by atoms with E-state index in [0.29, 0.717) is 6.54 Å². The molecular weight excluding hydrogens is 366 g/mol. The molecule has 0 aromatic heterocycles. The lowest BCUT2D eigenvalue weighted by atomic mass is 10.0. The third-order valence-corrected chi connectivity index (χ3v) is 4.49. The second kappa shape index (κ2) is 11.2. The van der Waals surface area contributed by atoms with E-state index < -0.39 is 12.1 Å². The molecule has 0 aliphatic rings. The van der Waals surface area contributed by atoms with Gasteiger partial charge in [-0.05, 0) is 36.7 Å². The van der Waals surface area contributed by atoms with Crippen molar-refractivity contribution in [1.82, 2.24) is 15.5 Å². The first-order chi connectivity index (χ1) is 13.9. The Bertz CT molecular complexity index is 791. The molecule has 0 bridgehead atoms. The fourth-order valence-corrected chi connectivity index (χ4v) is 2.94. The van der Waals surface area contributed by atoms with Gasteiger partial charge in [-0.2, -0.15) is 0 Å². The molecule has 2 amide bonds. The molecule has 0 aliphatic carbocycles. The Labute approximate surface area is 173 Å². The second-order valence-corrected chi connectivity index (χ2v) is 7.65. The van der Waals surface area contributed by atoms with Crippen molar-refractivity contribution in [3.63, 3.8) is 0 Å². The Kier molecular flexibility index (Phi) is 8.68. The van der Waals surface area contributed by atoms with Gasteiger partial charge in [0.2, 0.25) is 5.91 Å². The van der Waals surface area contributed by atoms with E-state index in [4.69, 9.17) is 4.74 Å². The molecule has 0 unspecified atom stereocenters. The molecular formula is C23H31N3O3. The summed E-state index contributed by atoms with van der Waals surface area (Å²) in [6.45, 7) is 5.15. The van der Waals surface area contributed by atoms with Crippen molar-refractivity contribution in [2.75, 3.05) is 14.1 Å². The van der Waals surface area contributed by atoms with Crippen LogP contribution < -0.4 is 10.6 Å². The molecule has 0 heterocycles. The van der Waals surface area contributed by atoms with E-state index in [1.54, 1.807) is 0 Å². The van der Waals surface area contributed by atoms with Crippen molar-refractivity contribution in [2.24, 2.45) is 5.92 Å². The van der Waals surface area contributed by atoms with E-state index in [0.717, 1.165) is 23.2 Å². The van der Waals surface area contributed by atoms with E-state index in [-0.39, 0.29) is 18.4 Å². The van der Waals surface area contributed by atoms with Crippen molar-refractivity contribution in [1.29, 1.82) is 0 Å². The third kappa shape index (κ3) is 7.58. The molecule has 1 atom stereocenters. The minimum absolute atomic E-state index is 0.0729. The summed E-state index contributed by atoms with van der Waals surface area (Å²) in [5, 5.41) is 5.63. The fraction of sp³-hybridized carbons (Fsp3) is 0.391. The number of rotatable bonds is 9. The average Bonchev–Trinajstić information content (AvgIpc) is 2.69. The molecule has 2 aromatic rings. The van der Waals surface area contributed by atoms with Crippen LogP contribution in [-0.4, -0.2) is 37.0 Å². The number of amides is 2. The zero-order chi connectivity index (χ0) is 21.2. The molecule has 6 nitrogen and oxygen atoms in total. The Morgan fingerprint density at radius 2 is 1.59 bits per heavy atom. The molecule has 6 heteroatoms. The predicted octanol–water partition coefficient (Wildman–Crippen LogP) is 3.32. The highest BCUT2D eigenvalue weighted by Gasteiger charge is 2.24. The van der Waals surface area contributed by atoms with Gasteiger partial charge in [0.15, 0.2) is 0 Å². The first-order valence-corrected chi connectivity index (χ1v) is 9.83. The lowest BCUT2D eigenvalue weighted by Gasteiger charge is -2.22. The Balaban J connectivity index is 1.91. The van der Waals surface area contributed by atoms with Crippen LogP contribution in [0.15, 0.2) is 54.6 Å². The maximum atomic E-state index is 12.7. The van der Waals surface area contributed by atoms with Gasteiger partial charge < -0.3 is 20.3 Å². The zero-order valence-electron chi connectivity index (χ0n) is 17.6. The van der Waals surface area contributed by atoms with Crippen molar-refractivity contribution < 1.29 is 14.3 Å². The van der Waals surface area contributed by atoms with Crippen LogP contribution in [0.1, 0.15) is 30.5 Å². The van der Waals surface area contributed by atoms with Crippen LogP contribution in [0.25, 0.3) is 0 Å². The molecule has 0 aliphatic heterocycles. The number of nitrogens with zero attached hydrogens (tertiary/aromatic N) is 1. The smallest absolute Gasteiger partial charge is 0.408 e. The molecule has 2 aromatic carbocycles. The summed E-state index contributed by atoms with van der Waals surface area (Å²) in [4.78, 5) is 27.0. The summed E-state index contributed by atoms with van der Waals surface area (Å²) in [6.07, 6.45) is -0.601. The van der Waals surface area contributed by atoms with Crippen molar-refractivity contribution in [3.8, 4) is 0 Å². The van der Waals surface area contributed by atoms with Crippen molar-refractivity contribution in [3.05, 3.63) is 71.3 Å². The van der Waals surface area contributed by atoms with Crippen LogP contribution in [0.5, 0.6) is 0 Å². The number of carbonyl (C=O) groups excluding carboxylic acids is 2. The van der Waals surface area contributed by atoms with E-state index in [2.05, 4.69) is 21.6 Å². The van der Waals surface area contributed by atoms with Gasteiger partial charge in [0, 0.05) is 13.1 Å². The van der Waals surface area contributed by atoms with Crippen molar-refractivity contribution in [2.45, 2.75) is 39.6 Å². The van der Waals surface area contributed by atoms with Crippen LogP contribution in [-0.2, 0) is 29.2 Å². The maximum Gasteiger partial charge on any atom is 0.408 e. The average molecular weight is 398 g/mol. The van der Waals surface area contributed by atoms with Gasteiger partial charge in [-0.15, -0.1) is 0 Å². The highest BCUT2D eigenvalue weighted by atomic mass is 16.5. The highest BCUT2D eigenvalue weighted by molar-refractivity contribution is 5.85. The van der Waals surface area contributed by atoms with Crippen LogP contribution in [0.4, 0.5) is 4.79 Å². The van der Waals surface area contributed by atoms with E-state index >= 15 is 0 Å². The molecule has 0 saturated heterocycles. The highest BCUT2D eigenvalue weighted by Crippen LogP contribution is 2.11. The summed E-state index contributed by atoms with van der Waals surface area (Å²) in [7, 11) is 4.02. The van der Waals surface area contributed by atoms with Gasteiger partial charge >= 0.3 is 6.09 Å². The molecule has 2 N–H and O–H groups in total. The van der Waals surface area contributed by atoms with E-state index in [1.807, 2.05) is 76.5 Å². The van der Waals surface area contributed by atoms with Gasteiger partial charge in [-0.1, -0.05) is 68.4 Å². The van der Waals surface area contributed by atoms with Crippen LogP contribution in [0.2, 0.25) is 0 Å². The number of hydrogen-bond acceptors (Lipinski definition) is 4. The van der Waals surface area contributed by atoms with Crippen LogP contribution >= 0.6 is 0 Å². The quantitative estimate of drug-likeness (QED) is 0.681. The molecule has 29 heavy (non-hydrogen) atoms. The summed E-state index contributed by atoms with van der Waals surface area (Å²) in [5.74, 6) is -0.299. The summed E-state index contributed by atoms with van der Waals surface area (Å²) in [6, 6.07) is 16.8. The fourth-order valence-electron chi connectivity index (χ4n) is 2.94. The Hall–Kier alpha value is -2.86. The van der Waals surface area contributed by atoms with Gasteiger partial charge in [-0.25, -0.2) is 4.79 Å². The monoisotopic (exact) mass is 397 g/mol. The standard InChI is InChI=1S/C23H31N3O3/c1-17(2)21(25-23(28)29-16-18-10-6-5-7-11-18)22(27)24-14-19-12-8-9-13-20(19)15-26(3)4/h5-13,17,21H,14-16H2,1-4H3,(H,24,27)(H,25,28)/t21-/m0/s1. The molecule has 0 saturated carbocycles. The van der Waals surface area contributed by atoms with Crippen LogP contribution in [0.3, 0.4) is 0 Å².